The SMILES string of the molecule is O=C1c2c(O)cc(O)cc2O[C@H](c2ccc(O)cc2)[C@@H]1c1c(O)cc(O)c2c1O[C@H](c1ccc(O)cc1)[C@@H](O)C2. The van der Waals surface area contributed by atoms with Crippen molar-refractivity contribution in [3.8, 4) is 46.0 Å². The van der Waals surface area contributed by atoms with Crippen LogP contribution in [0.1, 0.15) is 50.7 Å². The third-order valence-electron chi connectivity index (χ3n) is 7.29. The van der Waals surface area contributed by atoms with Gasteiger partial charge >= 0.3 is 0 Å². The Hall–Kier alpha value is -5.09. The average Bonchev–Trinajstić information content (AvgIpc) is 2.90. The third-order valence-corrected chi connectivity index (χ3v) is 7.29. The summed E-state index contributed by atoms with van der Waals surface area (Å²) in [5, 5.41) is 72.9. The minimum atomic E-state index is -1.32. The van der Waals surface area contributed by atoms with Crippen molar-refractivity contribution in [1.82, 2.24) is 0 Å². The largest absolute Gasteiger partial charge is 0.508 e. The van der Waals surface area contributed by atoms with E-state index in [0.717, 1.165) is 12.1 Å². The van der Waals surface area contributed by atoms with E-state index in [1.165, 1.54) is 42.5 Å². The normalized spacial score (nSPS) is 21.6. The van der Waals surface area contributed by atoms with Gasteiger partial charge in [-0.1, -0.05) is 24.3 Å². The van der Waals surface area contributed by atoms with Crippen LogP contribution >= 0.6 is 0 Å². The van der Waals surface area contributed by atoms with Gasteiger partial charge in [0.25, 0.3) is 0 Å². The number of phenolic OH excluding ortho intramolecular Hbond substituents is 6. The molecule has 0 aromatic heterocycles. The van der Waals surface area contributed by atoms with Crippen LogP contribution in [0.5, 0.6) is 46.0 Å². The topological polar surface area (TPSA) is 177 Å². The van der Waals surface area contributed by atoms with Crippen molar-refractivity contribution in [3.05, 3.63) is 94.5 Å². The number of carbonyl (C=O) groups is 1. The van der Waals surface area contributed by atoms with Gasteiger partial charge in [-0.05, 0) is 35.4 Å². The molecule has 40 heavy (non-hydrogen) atoms. The van der Waals surface area contributed by atoms with Gasteiger partial charge in [0.15, 0.2) is 5.78 Å². The second kappa shape index (κ2) is 9.28. The lowest BCUT2D eigenvalue weighted by molar-refractivity contribution is 0.0179. The maximum Gasteiger partial charge on any atom is 0.182 e. The van der Waals surface area contributed by atoms with Crippen molar-refractivity contribution in [1.29, 1.82) is 0 Å². The van der Waals surface area contributed by atoms with Gasteiger partial charge in [-0.2, -0.15) is 0 Å². The highest BCUT2D eigenvalue weighted by molar-refractivity contribution is 6.07. The van der Waals surface area contributed by atoms with E-state index in [-0.39, 0.29) is 57.6 Å². The minimum absolute atomic E-state index is 0.0108. The molecule has 0 bridgehead atoms. The molecule has 204 valence electrons. The molecule has 2 aliphatic rings. The van der Waals surface area contributed by atoms with E-state index >= 15 is 0 Å². The molecule has 10 heteroatoms. The first-order chi connectivity index (χ1) is 19.1. The summed E-state index contributed by atoms with van der Waals surface area (Å²) in [6.07, 6.45) is -3.29. The van der Waals surface area contributed by atoms with E-state index in [2.05, 4.69) is 0 Å². The summed E-state index contributed by atoms with van der Waals surface area (Å²) < 4.78 is 12.4. The van der Waals surface area contributed by atoms with Crippen LogP contribution in [0.25, 0.3) is 0 Å². The molecule has 2 aliphatic heterocycles. The third kappa shape index (κ3) is 4.05. The van der Waals surface area contributed by atoms with Gasteiger partial charge in [0.2, 0.25) is 0 Å². The Labute approximate surface area is 227 Å². The molecule has 4 aromatic carbocycles. The van der Waals surface area contributed by atoms with Crippen molar-refractivity contribution in [2.24, 2.45) is 0 Å². The summed E-state index contributed by atoms with van der Waals surface area (Å²) >= 11 is 0. The standard InChI is InChI=1S/C30H24O10/c31-15-5-1-13(2-6-15)28-22(37)11-18-19(34)12-21(36)25(30(18)40-28)26-27(38)24-20(35)9-17(33)10-23(24)39-29(26)14-3-7-16(32)8-4-14/h1-10,12,22,26,28-29,31-37H,11H2/t22-,26+,28+,29+/m0/s1. The van der Waals surface area contributed by atoms with Crippen LogP contribution in [-0.2, 0) is 6.42 Å². The van der Waals surface area contributed by atoms with Crippen LogP contribution in [0.2, 0.25) is 0 Å². The summed E-state index contributed by atoms with van der Waals surface area (Å²) in [4.78, 5) is 14.1. The van der Waals surface area contributed by atoms with Gasteiger partial charge in [0, 0.05) is 30.2 Å². The van der Waals surface area contributed by atoms with Gasteiger partial charge in [-0.25, -0.2) is 0 Å². The molecule has 4 aromatic rings. The van der Waals surface area contributed by atoms with Crippen LogP contribution in [0.15, 0.2) is 66.7 Å². The summed E-state index contributed by atoms with van der Waals surface area (Å²) in [7, 11) is 0. The highest BCUT2D eigenvalue weighted by Crippen LogP contribution is 2.55. The van der Waals surface area contributed by atoms with Crippen molar-refractivity contribution in [3.63, 3.8) is 0 Å². The molecular formula is C30H24O10. The van der Waals surface area contributed by atoms with E-state index in [0.29, 0.717) is 11.1 Å². The lowest BCUT2D eigenvalue weighted by Crippen LogP contribution is -2.34. The number of hydrogen-bond acceptors (Lipinski definition) is 10. The zero-order valence-corrected chi connectivity index (χ0v) is 20.7. The monoisotopic (exact) mass is 544 g/mol. The first-order valence-electron chi connectivity index (χ1n) is 12.4. The quantitative estimate of drug-likeness (QED) is 0.199. The van der Waals surface area contributed by atoms with Crippen molar-refractivity contribution < 1.29 is 50.0 Å². The van der Waals surface area contributed by atoms with E-state index in [1.807, 2.05) is 0 Å². The van der Waals surface area contributed by atoms with Gasteiger partial charge in [0.05, 0.1) is 17.6 Å². The van der Waals surface area contributed by atoms with Gasteiger partial charge in [-0.15, -0.1) is 0 Å². The molecule has 6 rings (SSSR count). The number of carbonyl (C=O) groups excluding carboxylic acids is 1. The fourth-order valence-corrected chi connectivity index (χ4v) is 5.43. The molecule has 0 spiro atoms. The van der Waals surface area contributed by atoms with Crippen molar-refractivity contribution in [2.45, 2.75) is 30.7 Å². The first kappa shape index (κ1) is 25.2. The fourth-order valence-electron chi connectivity index (χ4n) is 5.43. The van der Waals surface area contributed by atoms with Crippen LogP contribution in [0, 0.1) is 0 Å². The number of fused-ring (bicyclic) bond motifs is 2. The van der Waals surface area contributed by atoms with Crippen LogP contribution < -0.4 is 9.47 Å². The number of ketones is 1. The van der Waals surface area contributed by atoms with E-state index in [9.17, 15) is 40.5 Å². The maximum absolute atomic E-state index is 14.1. The Morgan fingerprint density at radius 1 is 0.650 bits per heavy atom. The van der Waals surface area contributed by atoms with E-state index in [4.69, 9.17) is 9.47 Å². The minimum Gasteiger partial charge on any atom is -0.508 e. The summed E-state index contributed by atoms with van der Waals surface area (Å²) in [5.41, 5.74) is 0.837. The Balaban J connectivity index is 1.56. The van der Waals surface area contributed by atoms with Crippen LogP contribution in [-0.4, -0.2) is 47.6 Å². The number of aliphatic hydroxyl groups excluding tert-OH is 1. The smallest absolute Gasteiger partial charge is 0.182 e. The number of hydrogen-bond donors (Lipinski definition) is 7. The molecule has 0 saturated heterocycles. The molecule has 0 saturated carbocycles. The summed E-state index contributed by atoms with van der Waals surface area (Å²) in [6, 6.07) is 15.1. The number of ether oxygens (including phenoxy) is 2. The number of aliphatic hydroxyl groups is 1. The molecule has 7 N–H and O–H groups in total. The van der Waals surface area contributed by atoms with Gasteiger partial charge in [-0.3, -0.25) is 4.79 Å². The molecule has 10 nitrogen and oxygen atoms in total. The second-order valence-corrected chi connectivity index (χ2v) is 9.85. The maximum atomic E-state index is 14.1. The molecule has 4 atom stereocenters. The Morgan fingerprint density at radius 3 is 1.88 bits per heavy atom. The van der Waals surface area contributed by atoms with Crippen LogP contribution in [0.3, 0.4) is 0 Å². The lowest BCUT2D eigenvalue weighted by Gasteiger charge is -2.37. The molecule has 0 amide bonds. The number of benzene rings is 4. The molecule has 0 fully saturated rings. The van der Waals surface area contributed by atoms with Crippen molar-refractivity contribution in [2.75, 3.05) is 0 Å². The van der Waals surface area contributed by atoms with E-state index in [1.54, 1.807) is 12.1 Å². The van der Waals surface area contributed by atoms with E-state index < -0.39 is 41.5 Å². The number of aromatic hydroxyl groups is 6. The van der Waals surface area contributed by atoms with Gasteiger partial charge in [0.1, 0.15) is 63.8 Å². The Morgan fingerprint density at radius 2 is 1.25 bits per heavy atom. The van der Waals surface area contributed by atoms with Gasteiger partial charge < -0.3 is 45.2 Å². The molecule has 0 radical (unpaired) electrons. The summed E-state index contributed by atoms with van der Waals surface area (Å²) in [5.74, 6) is -3.80. The fraction of sp³-hybridized carbons (Fsp3) is 0.167. The highest BCUT2D eigenvalue weighted by atomic mass is 16.5. The average molecular weight is 545 g/mol. The molecule has 0 aliphatic carbocycles. The zero-order chi connectivity index (χ0) is 28.3. The molecule has 0 unspecified atom stereocenters. The first-order valence-corrected chi connectivity index (χ1v) is 12.4. The highest BCUT2D eigenvalue weighted by Gasteiger charge is 2.46. The Bertz CT molecular complexity index is 1630. The van der Waals surface area contributed by atoms with Crippen LogP contribution in [0.4, 0.5) is 0 Å². The predicted molar refractivity (Wildman–Crippen MR) is 139 cm³/mol. The number of phenols is 6. The predicted octanol–water partition coefficient (Wildman–Crippen LogP) is 4.06. The molecule has 2 heterocycles. The Kier molecular flexibility index (Phi) is 5.85. The number of rotatable bonds is 3. The molecular weight excluding hydrogens is 520 g/mol. The van der Waals surface area contributed by atoms with Crippen molar-refractivity contribution >= 4 is 5.78 Å². The zero-order valence-electron chi connectivity index (χ0n) is 20.7. The summed E-state index contributed by atoms with van der Waals surface area (Å²) in [6.45, 7) is 0. The number of Topliss-reactive ketones (excluding diaryl/α,β-unsaturated/α-hetero) is 1. The lowest BCUT2D eigenvalue weighted by atomic mass is 9.78. The second-order valence-electron chi connectivity index (χ2n) is 9.85.